The molecule has 0 radical (unpaired) electrons. The van der Waals surface area contributed by atoms with Gasteiger partial charge in [-0.15, -0.1) is 0 Å². The zero-order valence-electron chi connectivity index (χ0n) is 27.2. The van der Waals surface area contributed by atoms with Gasteiger partial charge in [0.1, 0.15) is 24.9 Å². The highest BCUT2D eigenvalue weighted by molar-refractivity contribution is 6.74. The highest BCUT2D eigenvalue weighted by Crippen LogP contribution is 2.39. The molecule has 230 valence electrons. The van der Waals surface area contributed by atoms with E-state index >= 15 is 0 Å². The number of hydrogen-bond donors (Lipinski definition) is 1. The summed E-state index contributed by atoms with van der Waals surface area (Å²) in [5.41, 5.74) is 0. The molecule has 0 saturated carbocycles. The molecule has 0 aromatic carbocycles. The van der Waals surface area contributed by atoms with Crippen LogP contribution in [0, 0.1) is 11.8 Å². The highest BCUT2D eigenvalue weighted by atomic mass is 28.4. The van der Waals surface area contributed by atoms with E-state index < -0.39 is 28.8 Å². The first kappa shape index (κ1) is 36.8. The van der Waals surface area contributed by atoms with E-state index in [9.17, 15) is 5.11 Å². The fourth-order valence-corrected chi connectivity index (χ4v) is 5.58. The van der Waals surface area contributed by atoms with Crippen LogP contribution in [0.4, 0.5) is 0 Å². The summed E-state index contributed by atoms with van der Waals surface area (Å²) in [6.45, 7) is 26.0. The minimum absolute atomic E-state index is 0.0753. The van der Waals surface area contributed by atoms with Crippen molar-refractivity contribution < 1.29 is 28.2 Å². The van der Waals surface area contributed by atoms with Gasteiger partial charge in [0, 0.05) is 6.61 Å². The van der Waals surface area contributed by atoms with E-state index in [4.69, 9.17) is 23.1 Å². The Morgan fingerprint density at radius 2 is 1.60 bits per heavy atom. The van der Waals surface area contributed by atoms with Crippen molar-refractivity contribution in [2.24, 2.45) is 0 Å². The van der Waals surface area contributed by atoms with Crippen molar-refractivity contribution in [1.82, 2.24) is 0 Å². The second-order valence-electron chi connectivity index (χ2n) is 13.5. The number of aliphatic hydroxyl groups is 1. The molecule has 0 aromatic heterocycles. The fourth-order valence-electron chi connectivity index (χ4n) is 3.23. The van der Waals surface area contributed by atoms with Crippen LogP contribution in [0.2, 0.25) is 36.3 Å². The van der Waals surface area contributed by atoms with Crippen molar-refractivity contribution in [3.05, 3.63) is 36.6 Å². The van der Waals surface area contributed by atoms with Crippen molar-refractivity contribution >= 4 is 16.6 Å². The Bertz CT molecular complexity index is 865. The third kappa shape index (κ3) is 14.1. The van der Waals surface area contributed by atoms with Crippen LogP contribution in [-0.4, -0.2) is 66.2 Å². The van der Waals surface area contributed by atoms with E-state index in [0.717, 1.165) is 25.7 Å². The molecule has 1 rings (SSSR count). The Kier molecular flexibility index (Phi) is 15.7. The molecule has 0 spiro atoms. The molecular formula is C32H58O6Si2. The average Bonchev–Trinajstić information content (AvgIpc) is 2.85. The third-order valence-electron chi connectivity index (χ3n) is 7.92. The molecule has 40 heavy (non-hydrogen) atoms. The summed E-state index contributed by atoms with van der Waals surface area (Å²) in [5, 5.41) is 10.7. The Balaban J connectivity index is 2.83. The Morgan fingerprint density at radius 3 is 2.17 bits per heavy atom. The summed E-state index contributed by atoms with van der Waals surface area (Å²) in [6, 6.07) is 0. The Hall–Kier alpha value is -1.19. The molecule has 3 unspecified atom stereocenters. The van der Waals surface area contributed by atoms with Gasteiger partial charge in [0.25, 0.3) is 0 Å². The number of rotatable bonds is 14. The van der Waals surface area contributed by atoms with E-state index in [1.807, 2.05) is 18.2 Å². The van der Waals surface area contributed by atoms with Crippen LogP contribution in [0.5, 0.6) is 0 Å². The monoisotopic (exact) mass is 594 g/mol. The molecule has 0 amide bonds. The molecule has 1 fully saturated rings. The molecule has 0 aliphatic carbocycles. The lowest BCUT2D eigenvalue weighted by Crippen LogP contribution is -2.49. The molecule has 1 saturated heterocycles. The molecule has 0 bridgehead atoms. The van der Waals surface area contributed by atoms with Crippen LogP contribution < -0.4 is 0 Å². The number of allylic oxidation sites excluding steroid dienone is 3. The standard InChI is InChI=1S/C32H58O6Si2/c1-12-13-14-15-18-28(37-30-19-16-17-23-35-30)21-20-27(33)22-24-34-25-29(38-40(10,11)32(5,6)7)26-36-39(8,9)31(2,3)4/h13-15,18,22,24,27-30,33H,12,16-17,19,23,25-26H2,1-11H3/b14-13+,18-15+,24-22+/t27?,28?,29-,30?/m1/s1. The van der Waals surface area contributed by atoms with Crippen molar-refractivity contribution in [3.63, 3.8) is 0 Å². The molecular weight excluding hydrogens is 537 g/mol. The van der Waals surface area contributed by atoms with Crippen molar-refractivity contribution in [3.8, 4) is 11.8 Å². The van der Waals surface area contributed by atoms with E-state index in [-0.39, 0.29) is 22.5 Å². The lowest BCUT2D eigenvalue weighted by Gasteiger charge is -2.41. The minimum Gasteiger partial charge on any atom is -0.499 e. The van der Waals surface area contributed by atoms with E-state index in [1.54, 1.807) is 6.08 Å². The van der Waals surface area contributed by atoms with E-state index in [1.165, 1.54) is 6.26 Å². The predicted molar refractivity (Wildman–Crippen MR) is 171 cm³/mol. The third-order valence-corrected chi connectivity index (χ3v) is 17.0. The largest absolute Gasteiger partial charge is 0.499 e. The first-order valence-electron chi connectivity index (χ1n) is 14.9. The van der Waals surface area contributed by atoms with Gasteiger partial charge >= 0.3 is 0 Å². The molecule has 4 atom stereocenters. The van der Waals surface area contributed by atoms with Gasteiger partial charge in [-0.25, -0.2) is 0 Å². The summed E-state index contributed by atoms with van der Waals surface area (Å²) < 4.78 is 30.7. The number of aliphatic hydroxyl groups excluding tert-OH is 1. The SMILES string of the molecule is CC/C=C/C=C/C(C#CC(O)/C=C/OC[C@H](CO[Si](C)(C)C(C)(C)C)O[Si](C)(C)C(C)(C)C)OC1CCCCO1. The second-order valence-corrected chi connectivity index (χ2v) is 23.1. The summed E-state index contributed by atoms with van der Waals surface area (Å²) in [4.78, 5) is 0. The molecule has 1 N–H and O–H groups in total. The van der Waals surface area contributed by atoms with Gasteiger partial charge in [-0.1, -0.05) is 78.5 Å². The topological polar surface area (TPSA) is 66.4 Å². The van der Waals surface area contributed by atoms with Gasteiger partial charge in [-0.2, -0.15) is 0 Å². The summed E-state index contributed by atoms with van der Waals surface area (Å²) >= 11 is 0. The average molecular weight is 595 g/mol. The van der Waals surface area contributed by atoms with Crippen molar-refractivity contribution in [2.75, 3.05) is 19.8 Å². The van der Waals surface area contributed by atoms with Gasteiger partial charge in [0.15, 0.2) is 22.9 Å². The molecule has 1 aliphatic rings. The van der Waals surface area contributed by atoms with E-state index in [0.29, 0.717) is 19.8 Å². The summed E-state index contributed by atoms with van der Waals surface area (Å²) in [5.74, 6) is 5.89. The summed E-state index contributed by atoms with van der Waals surface area (Å²) in [6.07, 6.45) is 12.9. The van der Waals surface area contributed by atoms with Crippen LogP contribution in [0.15, 0.2) is 36.6 Å². The smallest absolute Gasteiger partial charge is 0.192 e. The zero-order valence-corrected chi connectivity index (χ0v) is 29.2. The lowest BCUT2D eigenvalue weighted by atomic mass is 10.2. The van der Waals surface area contributed by atoms with Gasteiger partial charge in [-0.05, 0) is 74.1 Å². The fraction of sp³-hybridized carbons (Fsp3) is 0.750. The Labute approximate surface area is 247 Å². The molecule has 1 aliphatic heterocycles. The van der Waals surface area contributed by atoms with Crippen LogP contribution in [0.3, 0.4) is 0 Å². The van der Waals surface area contributed by atoms with Crippen molar-refractivity contribution in [2.45, 2.75) is 135 Å². The Morgan fingerprint density at radius 1 is 0.925 bits per heavy atom. The maximum Gasteiger partial charge on any atom is 0.192 e. The highest BCUT2D eigenvalue weighted by Gasteiger charge is 2.41. The quantitative estimate of drug-likeness (QED) is 0.0961. The maximum absolute atomic E-state index is 10.5. The van der Waals surface area contributed by atoms with Crippen LogP contribution >= 0.6 is 0 Å². The van der Waals surface area contributed by atoms with Crippen LogP contribution in [-0.2, 0) is 23.1 Å². The molecule has 6 nitrogen and oxygen atoms in total. The predicted octanol–water partition coefficient (Wildman–Crippen LogP) is 7.73. The second kappa shape index (κ2) is 17.1. The first-order valence-corrected chi connectivity index (χ1v) is 20.7. The minimum atomic E-state index is -2.03. The van der Waals surface area contributed by atoms with E-state index in [2.05, 4.69) is 92.6 Å². The molecule has 8 heteroatoms. The van der Waals surface area contributed by atoms with Gasteiger partial charge < -0.3 is 28.2 Å². The van der Waals surface area contributed by atoms with Gasteiger partial charge in [0.2, 0.25) is 0 Å². The molecule has 0 aromatic rings. The van der Waals surface area contributed by atoms with Crippen molar-refractivity contribution in [1.29, 1.82) is 0 Å². The molecule has 1 heterocycles. The van der Waals surface area contributed by atoms with Gasteiger partial charge in [-0.3, -0.25) is 0 Å². The number of ether oxygens (including phenoxy) is 3. The zero-order chi connectivity index (χ0) is 30.5. The van der Waals surface area contributed by atoms with Crippen LogP contribution in [0.1, 0.15) is 74.1 Å². The first-order chi connectivity index (χ1) is 18.5. The normalized spacial score (nSPS) is 20.1. The summed E-state index contributed by atoms with van der Waals surface area (Å²) in [7, 11) is -3.96. The van der Waals surface area contributed by atoms with Crippen LogP contribution in [0.25, 0.3) is 0 Å². The maximum atomic E-state index is 10.5. The lowest BCUT2D eigenvalue weighted by molar-refractivity contribution is -0.168. The van der Waals surface area contributed by atoms with Gasteiger partial charge in [0.05, 0.1) is 12.9 Å². The number of hydrogen-bond acceptors (Lipinski definition) is 6.